The summed E-state index contributed by atoms with van der Waals surface area (Å²) in [5.74, 6) is 0. The van der Waals surface area contributed by atoms with Crippen molar-refractivity contribution in [2.75, 3.05) is 0 Å². The van der Waals surface area contributed by atoms with Gasteiger partial charge in [-0.2, -0.15) is 5.26 Å². The smallest absolute Gasteiger partial charge is 0.0991 e. The van der Waals surface area contributed by atoms with Crippen LogP contribution in [0.5, 0.6) is 0 Å². The van der Waals surface area contributed by atoms with Crippen LogP contribution in [0.1, 0.15) is 5.56 Å². The Hall–Kier alpha value is -4.62. The summed E-state index contributed by atoms with van der Waals surface area (Å²) in [5, 5.41) is 9.17. The Labute approximate surface area is 190 Å². The standard InChI is InChI=1S/C28H26N4/c29-27-28-19-15-11-7-4-2-1-3-5-9-13-17-21-30-23-25-32-26-24-31-22-18-14-10-6-8-12-16-20-28/h1-26H. The van der Waals surface area contributed by atoms with Gasteiger partial charge in [0.1, 0.15) is 0 Å². The number of nitrogens with zero attached hydrogens (tertiary/aromatic N) is 4. The molecule has 0 saturated carbocycles. The molecule has 4 nitrogen and oxygen atoms in total. The second-order valence-corrected chi connectivity index (χ2v) is 5.71. The fraction of sp³-hybridized carbons (Fsp3) is 0. The van der Waals surface area contributed by atoms with Crippen LogP contribution < -0.4 is 0 Å². The molecule has 1 heterocycles. The Bertz CT molecular complexity index is 999. The lowest BCUT2D eigenvalue weighted by atomic mass is 10.3. The van der Waals surface area contributed by atoms with Crippen molar-refractivity contribution in [1.29, 1.82) is 5.26 Å². The molecule has 0 atom stereocenters. The molecule has 32 heavy (non-hydrogen) atoms. The summed E-state index contributed by atoms with van der Waals surface area (Å²) in [4.78, 5) is 12.2. The third-order valence-corrected chi connectivity index (χ3v) is 3.28. The average Bonchev–Trinajstić information content (AvgIpc) is 2.81. The van der Waals surface area contributed by atoms with Crippen molar-refractivity contribution in [3.8, 4) is 6.07 Å². The van der Waals surface area contributed by atoms with Crippen LogP contribution in [0.3, 0.4) is 0 Å². The van der Waals surface area contributed by atoms with Crippen LogP contribution in [0, 0.1) is 11.3 Å². The molecule has 158 valence electrons. The molecule has 0 saturated heterocycles. The fourth-order valence-corrected chi connectivity index (χ4v) is 1.85. The molecular formula is C28H26N4. The first-order chi connectivity index (χ1) is 15.9. The van der Waals surface area contributed by atoms with Gasteiger partial charge in [0.05, 0.1) is 11.6 Å². The van der Waals surface area contributed by atoms with E-state index in [1.807, 2.05) is 109 Å². The molecule has 0 aliphatic heterocycles. The highest BCUT2D eigenvalue weighted by molar-refractivity contribution is 5.25. The maximum absolute atomic E-state index is 9.17. The van der Waals surface area contributed by atoms with Crippen molar-refractivity contribution in [3.63, 3.8) is 0 Å². The molecule has 1 aromatic rings. The third kappa shape index (κ3) is 17.5. The van der Waals surface area contributed by atoms with Gasteiger partial charge < -0.3 is 0 Å². The molecule has 0 N–H and O–H groups in total. The van der Waals surface area contributed by atoms with Gasteiger partial charge in [0.2, 0.25) is 0 Å². The largest absolute Gasteiger partial charge is 0.263 e. The molecule has 0 bridgehead atoms. The van der Waals surface area contributed by atoms with E-state index >= 15 is 0 Å². The fourth-order valence-electron chi connectivity index (χ4n) is 1.85. The van der Waals surface area contributed by atoms with Crippen LogP contribution in [0.2, 0.25) is 0 Å². The van der Waals surface area contributed by atoms with Gasteiger partial charge in [-0.1, -0.05) is 97.1 Å². The monoisotopic (exact) mass is 418 g/mol. The molecule has 0 amide bonds. The van der Waals surface area contributed by atoms with Crippen molar-refractivity contribution in [1.82, 2.24) is 15.0 Å². The molecule has 0 spiro atoms. The molecule has 0 unspecified atom stereocenters. The molecular weight excluding hydrogens is 392 g/mol. The zero-order valence-corrected chi connectivity index (χ0v) is 17.8. The first-order valence-electron chi connectivity index (χ1n) is 9.93. The van der Waals surface area contributed by atoms with Gasteiger partial charge >= 0.3 is 0 Å². The summed E-state index contributed by atoms with van der Waals surface area (Å²) in [6.07, 6.45) is 9.70. The lowest BCUT2D eigenvalue weighted by Gasteiger charge is -1.76. The highest BCUT2D eigenvalue weighted by Gasteiger charge is 1.76. The summed E-state index contributed by atoms with van der Waals surface area (Å²) in [6, 6.07) is 39.6. The van der Waals surface area contributed by atoms with Gasteiger partial charge in [-0.05, 0) is 24.3 Å². The van der Waals surface area contributed by atoms with Gasteiger partial charge in [0.15, 0.2) is 0 Å². The van der Waals surface area contributed by atoms with Gasteiger partial charge in [0, 0.05) is 37.2 Å². The maximum atomic E-state index is 9.17. The quantitative estimate of drug-likeness (QED) is 0.483. The molecule has 0 fully saturated rings. The van der Waals surface area contributed by atoms with E-state index in [-0.39, 0.29) is 0 Å². The molecule has 1 aromatic heterocycles. The molecule has 1 rings (SSSR count). The summed E-state index contributed by atoms with van der Waals surface area (Å²) >= 11 is 0. The van der Waals surface area contributed by atoms with Gasteiger partial charge in [-0.3, -0.25) is 15.0 Å². The van der Waals surface area contributed by atoms with E-state index in [9.17, 15) is 0 Å². The number of aromatic nitrogens is 3. The van der Waals surface area contributed by atoms with Crippen LogP contribution >= 0.6 is 0 Å². The zero-order valence-electron chi connectivity index (χ0n) is 17.8. The predicted octanol–water partition coefficient (Wildman–Crippen LogP) is 6.49. The van der Waals surface area contributed by atoms with Crippen LogP contribution in [-0.4, -0.2) is 15.0 Å². The lowest BCUT2D eigenvalue weighted by molar-refractivity contribution is 1.25. The van der Waals surface area contributed by atoms with Gasteiger partial charge in [-0.15, -0.1) is 0 Å². The van der Waals surface area contributed by atoms with E-state index in [1.165, 1.54) is 0 Å². The first kappa shape index (κ1) is 25.4. The van der Waals surface area contributed by atoms with Crippen molar-refractivity contribution in [2.45, 2.75) is 0 Å². The summed E-state index contributed by atoms with van der Waals surface area (Å²) in [7, 11) is 0. The minimum atomic E-state index is 0.571. The molecule has 4 heteroatoms. The van der Waals surface area contributed by atoms with E-state index in [0.717, 1.165) is 0 Å². The van der Waals surface area contributed by atoms with Crippen molar-refractivity contribution in [3.05, 3.63) is 164 Å². The van der Waals surface area contributed by atoms with E-state index in [1.54, 1.807) is 49.3 Å². The van der Waals surface area contributed by atoms with Crippen molar-refractivity contribution in [2.24, 2.45) is 0 Å². The normalized spacial score (nSPS) is 7.97. The first-order valence-corrected chi connectivity index (χ1v) is 9.93. The minimum absolute atomic E-state index is 0.571. The van der Waals surface area contributed by atoms with Crippen LogP contribution in [0.15, 0.2) is 159 Å². The van der Waals surface area contributed by atoms with Crippen LogP contribution in [-0.2, 0) is 0 Å². The molecule has 0 aliphatic carbocycles. The molecule has 0 aromatic carbocycles. The number of rotatable bonds is 0. The van der Waals surface area contributed by atoms with E-state index in [4.69, 9.17) is 5.26 Å². The van der Waals surface area contributed by atoms with Crippen LogP contribution in [0.4, 0.5) is 0 Å². The lowest BCUT2D eigenvalue weighted by Crippen LogP contribution is -1.63. The Morgan fingerprint density at radius 1 is 0.375 bits per heavy atom. The topological polar surface area (TPSA) is 62.5 Å². The minimum Gasteiger partial charge on any atom is -0.263 e. The SMILES string of the molecule is N#Cc1cccccccccccccnccnccnccccccccc1. The van der Waals surface area contributed by atoms with Gasteiger partial charge in [0.25, 0.3) is 0 Å². The van der Waals surface area contributed by atoms with Crippen molar-refractivity contribution >= 4 is 0 Å². The second-order valence-electron chi connectivity index (χ2n) is 5.71. The van der Waals surface area contributed by atoms with E-state index < -0.39 is 0 Å². The maximum Gasteiger partial charge on any atom is 0.0991 e. The highest BCUT2D eigenvalue weighted by Crippen LogP contribution is 1.90. The predicted molar refractivity (Wildman–Crippen MR) is 130 cm³/mol. The Morgan fingerprint density at radius 3 is 1.00 bits per heavy atom. The van der Waals surface area contributed by atoms with Crippen molar-refractivity contribution < 1.29 is 0 Å². The summed E-state index contributed by atoms with van der Waals surface area (Å²) < 4.78 is 0. The summed E-state index contributed by atoms with van der Waals surface area (Å²) in [6.45, 7) is 0. The van der Waals surface area contributed by atoms with E-state index in [0.29, 0.717) is 5.56 Å². The Balaban J connectivity index is 3.14. The number of hydrogen-bond donors (Lipinski definition) is 0. The Kier molecular flexibility index (Phi) is 16.8. The summed E-state index contributed by atoms with van der Waals surface area (Å²) in [5.41, 5.74) is 0.571. The third-order valence-electron chi connectivity index (χ3n) is 3.28. The molecule has 0 aliphatic rings. The second kappa shape index (κ2) is 21.1. The zero-order chi connectivity index (χ0) is 22.8. The van der Waals surface area contributed by atoms with E-state index in [2.05, 4.69) is 21.0 Å². The molecule has 0 radical (unpaired) electrons. The van der Waals surface area contributed by atoms with Gasteiger partial charge in [-0.25, -0.2) is 0 Å². The Morgan fingerprint density at radius 2 is 0.656 bits per heavy atom. The van der Waals surface area contributed by atoms with Crippen LogP contribution in [0.25, 0.3) is 0 Å². The number of hydrogen-bond acceptors (Lipinski definition) is 4. The highest BCUT2D eigenvalue weighted by atomic mass is 14.7. The average molecular weight is 419 g/mol. The number of nitriles is 1.